The van der Waals surface area contributed by atoms with Gasteiger partial charge in [0.15, 0.2) is 0 Å². The van der Waals surface area contributed by atoms with E-state index in [0.717, 1.165) is 25.8 Å². The molecule has 2 fully saturated rings. The quantitative estimate of drug-likeness (QED) is 0.822. The summed E-state index contributed by atoms with van der Waals surface area (Å²) in [5, 5.41) is 3.18. The fourth-order valence-corrected chi connectivity index (χ4v) is 2.66. The van der Waals surface area contributed by atoms with E-state index in [9.17, 15) is 18.0 Å². The van der Waals surface area contributed by atoms with Crippen LogP contribution >= 0.6 is 24.8 Å². The third kappa shape index (κ3) is 6.59. The summed E-state index contributed by atoms with van der Waals surface area (Å²) in [5.41, 5.74) is 0. The van der Waals surface area contributed by atoms with Crippen molar-refractivity contribution in [2.75, 3.05) is 39.3 Å². The number of alkyl halides is 3. The molecule has 0 aromatic heterocycles. The van der Waals surface area contributed by atoms with Gasteiger partial charge < -0.3 is 10.2 Å². The Morgan fingerprint density at radius 2 is 1.71 bits per heavy atom. The third-order valence-corrected chi connectivity index (χ3v) is 3.70. The fourth-order valence-electron chi connectivity index (χ4n) is 2.66. The van der Waals surface area contributed by atoms with Gasteiger partial charge in [0, 0.05) is 26.2 Å². The monoisotopic (exact) mass is 351 g/mol. The first kappa shape index (κ1) is 20.8. The first-order valence-electron chi connectivity index (χ1n) is 6.77. The Bertz CT molecular complexity index is 317. The molecule has 2 saturated heterocycles. The molecule has 4 nitrogen and oxygen atoms in total. The predicted octanol–water partition coefficient (Wildman–Crippen LogP) is 1.68. The Morgan fingerprint density at radius 3 is 2.19 bits per heavy atom. The number of carbonyl (C=O) groups is 1. The normalized spacial score (nSPS) is 24.0. The summed E-state index contributed by atoms with van der Waals surface area (Å²) in [6.45, 7) is 1.37. The SMILES string of the molecule is Cl.Cl.O=C([C@H]1CCCCN1)N1CCN(CC(F)(F)F)CC1. The van der Waals surface area contributed by atoms with Crippen molar-refractivity contribution in [3.05, 3.63) is 0 Å². The van der Waals surface area contributed by atoms with Crippen molar-refractivity contribution in [2.45, 2.75) is 31.5 Å². The van der Waals surface area contributed by atoms with Crippen molar-refractivity contribution >= 4 is 30.7 Å². The second-order valence-corrected chi connectivity index (χ2v) is 5.22. The molecule has 0 saturated carbocycles. The van der Waals surface area contributed by atoms with Crippen molar-refractivity contribution in [2.24, 2.45) is 0 Å². The minimum Gasteiger partial charge on any atom is -0.339 e. The van der Waals surface area contributed by atoms with Gasteiger partial charge in [-0.3, -0.25) is 9.69 Å². The van der Waals surface area contributed by atoms with Crippen LogP contribution < -0.4 is 5.32 Å². The van der Waals surface area contributed by atoms with E-state index in [4.69, 9.17) is 0 Å². The van der Waals surface area contributed by atoms with Crippen LogP contribution in [0.15, 0.2) is 0 Å². The van der Waals surface area contributed by atoms with Crippen molar-refractivity contribution < 1.29 is 18.0 Å². The number of carbonyl (C=O) groups excluding carboxylic acids is 1. The van der Waals surface area contributed by atoms with Crippen LogP contribution in [-0.4, -0.2) is 67.2 Å². The van der Waals surface area contributed by atoms with E-state index in [1.165, 1.54) is 4.90 Å². The van der Waals surface area contributed by atoms with E-state index in [0.29, 0.717) is 26.2 Å². The van der Waals surface area contributed by atoms with Crippen LogP contribution in [0, 0.1) is 0 Å². The van der Waals surface area contributed by atoms with Crippen molar-refractivity contribution in [3.63, 3.8) is 0 Å². The summed E-state index contributed by atoms with van der Waals surface area (Å²) in [5.74, 6) is 0.0476. The summed E-state index contributed by atoms with van der Waals surface area (Å²) < 4.78 is 36.8. The van der Waals surface area contributed by atoms with Crippen LogP contribution in [0.4, 0.5) is 13.2 Å². The Kier molecular flexibility index (Phi) is 8.92. The smallest absolute Gasteiger partial charge is 0.339 e. The number of piperidine rings is 1. The lowest BCUT2D eigenvalue weighted by molar-refractivity contribution is -0.152. The fraction of sp³-hybridized carbons (Fsp3) is 0.917. The first-order chi connectivity index (χ1) is 8.96. The summed E-state index contributed by atoms with van der Waals surface area (Å²) in [6, 6.07) is -0.136. The minimum absolute atomic E-state index is 0. The molecule has 2 aliphatic rings. The Morgan fingerprint density at radius 1 is 1.10 bits per heavy atom. The molecule has 0 aromatic carbocycles. The zero-order valence-corrected chi connectivity index (χ0v) is 13.3. The summed E-state index contributed by atoms with van der Waals surface area (Å²) in [7, 11) is 0. The highest BCUT2D eigenvalue weighted by Gasteiger charge is 2.34. The van der Waals surface area contributed by atoms with Crippen LogP contribution in [0.5, 0.6) is 0 Å². The topological polar surface area (TPSA) is 35.6 Å². The van der Waals surface area contributed by atoms with Gasteiger partial charge in [0.25, 0.3) is 0 Å². The maximum absolute atomic E-state index is 12.3. The van der Waals surface area contributed by atoms with E-state index in [1.807, 2.05) is 0 Å². The van der Waals surface area contributed by atoms with E-state index >= 15 is 0 Å². The molecule has 9 heteroatoms. The maximum Gasteiger partial charge on any atom is 0.401 e. The van der Waals surface area contributed by atoms with Crippen LogP contribution in [0.25, 0.3) is 0 Å². The number of amides is 1. The molecule has 0 aromatic rings. The van der Waals surface area contributed by atoms with Crippen LogP contribution in [0.3, 0.4) is 0 Å². The lowest BCUT2D eigenvalue weighted by atomic mass is 10.0. The Balaban J connectivity index is 0.00000200. The lowest BCUT2D eigenvalue weighted by Gasteiger charge is -2.37. The largest absolute Gasteiger partial charge is 0.401 e. The van der Waals surface area contributed by atoms with Gasteiger partial charge >= 0.3 is 6.18 Å². The molecular weight excluding hydrogens is 330 g/mol. The lowest BCUT2D eigenvalue weighted by Crippen LogP contribution is -2.55. The van der Waals surface area contributed by atoms with Gasteiger partial charge in [0.1, 0.15) is 0 Å². The van der Waals surface area contributed by atoms with Crippen molar-refractivity contribution in [1.82, 2.24) is 15.1 Å². The number of piperazine rings is 1. The highest BCUT2D eigenvalue weighted by molar-refractivity contribution is 5.85. The minimum atomic E-state index is -4.16. The van der Waals surface area contributed by atoms with E-state index in [2.05, 4.69) is 5.32 Å². The molecule has 0 aliphatic carbocycles. The van der Waals surface area contributed by atoms with Gasteiger partial charge in [-0.25, -0.2) is 0 Å². The number of hydrogen-bond donors (Lipinski definition) is 1. The van der Waals surface area contributed by atoms with Gasteiger partial charge in [-0.1, -0.05) is 6.42 Å². The van der Waals surface area contributed by atoms with E-state index < -0.39 is 12.7 Å². The van der Waals surface area contributed by atoms with Crippen molar-refractivity contribution in [1.29, 1.82) is 0 Å². The summed E-state index contributed by atoms with van der Waals surface area (Å²) in [6.07, 6.45) is -1.20. The number of rotatable bonds is 2. The average molecular weight is 352 g/mol. The van der Waals surface area contributed by atoms with Gasteiger partial charge in [-0.05, 0) is 19.4 Å². The molecule has 1 amide bonds. The van der Waals surface area contributed by atoms with Gasteiger partial charge in [0.2, 0.25) is 5.91 Å². The van der Waals surface area contributed by atoms with Gasteiger partial charge in [-0.2, -0.15) is 13.2 Å². The van der Waals surface area contributed by atoms with Crippen LogP contribution in [0.2, 0.25) is 0 Å². The first-order valence-corrected chi connectivity index (χ1v) is 6.77. The second kappa shape index (κ2) is 9.02. The average Bonchev–Trinajstić information content (AvgIpc) is 2.38. The summed E-state index contributed by atoms with van der Waals surface area (Å²) >= 11 is 0. The molecule has 1 atom stereocenters. The predicted molar refractivity (Wildman–Crippen MR) is 79.2 cm³/mol. The maximum atomic E-state index is 12.3. The molecule has 1 N–H and O–H groups in total. The molecule has 2 rings (SSSR count). The highest BCUT2D eigenvalue weighted by atomic mass is 35.5. The Hall–Kier alpha value is -0.240. The number of nitrogens with one attached hydrogen (secondary N) is 1. The molecule has 0 spiro atoms. The van der Waals surface area contributed by atoms with Crippen molar-refractivity contribution in [3.8, 4) is 0 Å². The van der Waals surface area contributed by atoms with E-state index in [1.54, 1.807) is 4.90 Å². The van der Waals surface area contributed by atoms with Gasteiger partial charge in [-0.15, -0.1) is 24.8 Å². The molecule has 0 unspecified atom stereocenters. The molecule has 2 aliphatic heterocycles. The Labute approximate surface area is 135 Å². The zero-order chi connectivity index (χ0) is 13.9. The summed E-state index contributed by atoms with van der Waals surface area (Å²) in [4.78, 5) is 15.2. The van der Waals surface area contributed by atoms with Gasteiger partial charge in [0.05, 0.1) is 12.6 Å². The van der Waals surface area contributed by atoms with E-state index in [-0.39, 0.29) is 36.8 Å². The number of hydrogen-bond acceptors (Lipinski definition) is 3. The highest BCUT2D eigenvalue weighted by Crippen LogP contribution is 2.18. The standard InChI is InChI=1S/C12H20F3N3O.2ClH/c13-12(14,15)9-17-5-7-18(8-6-17)11(19)10-3-1-2-4-16-10;;/h10,16H,1-9H2;2*1H/t10-;;/m1../s1. The molecule has 21 heavy (non-hydrogen) atoms. The molecule has 2 heterocycles. The molecular formula is C12H22Cl2F3N3O. The molecule has 126 valence electrons. The molecule has 0 radical (unpaired) electrons. The third-order valence-electron chi connectivity index (χ3n) is 3.70. The number of nitrogens with zero attached hydrogens (tertiary/aromatic N) is 2. The van der Waals surface area contributed by atoms with Crippen LogP contribution in [-0.2, 0) is 4.79 Å². The molecule has 0 bridgehead atoms. The number of halogens is 5. The zero-order valence-electron chi connectivity index (χ0n) is 11.7. The van der Waals surface area contributed by atoms with Crippen LogP contribution in [0.1, 0.15) is 19.3 Å². The second-order valence-electron chi connectivity index (χ2n) is 5.22.